The Morgan fingerprint density at radius 1 is 1.26 bits per heavy atom. The van der Waals surface area contributed by atoms with E-state index < -0.39 is 4.92 Å². The summed E-state index contributed by atoms with van der Waals surface area (Å²) < 4.78 is 4.62. The molecule has 100 valence electrons. The molecule has 1 aromatic carbocycles. The molecular formula is C13H15N3O2S. The zero-order valence-corrected chi connectivity index (χ0v) is 11.8. The molecule has 5 nitrogen and oxygen atoms in total. The minimum absolute atomic E-state index is 0.0798. The molecule has 0 aliphatic rings. The lowest BCUT2D eigenvalue weighted by Crippen LogP contribution is -2.02. The first-order chi connectivity index (χ1) is 8.91. The molecule has 6 heteroatoms. The predicted octanol–water partition coefficient (Wildman–Crippen LogP) is 3.81. The fraction of sp³-hybridized carbons (Fsp3) is 0.308. The van der Waals surface area contributed by atoms with Gasteiger partial charge in [-0.2, -0.15) is 0 Å². The van der Waals surface area contributed by atoms with Crippen LogP contribution in [0.4, 0.5) is 5.69 Å². The van der Waals surface area contributed by atoms with Gasteiger partial charge < -0.3 is 4.57 Å². The SMILES string of the molecule is Cc1cn(C(C)C)c(=S)n1-c1ccc([N+](=O)[O-])cc1. The summed E-state index contributed by atoms with van der Waals surface area (Å²) in [6, 6.07) is 6.69. The van der Waals surface area contributed by atoms with Crippen LogP contribution in [-0.2, 0) is 0 Å². The number of nitrogens with zero attached hydrogens (tertiary/aromatic N) is 3. The third-order valence-corrected chi connectivity index (χ3v) is 3.36. The van der Waals surface area contributed by atoms with E-state index in [9.17, 15) is 10.1 Å². The molecule has 0 saturated heterocycles. The first kappa shape index (κ1) is 13.5. The van der Waals surface area contributed by atoms with Gasteiger partial charge in [0.05, 0.1) is 4.92 Å². The number of rotatable bonds is 3. The second-order valence-electron chi connectivity index (χ2n) is 4.66. The third-order valence-electron chi connectivity index (χ3n) is 2.97. The van der Waals surface area contributed by atoms with Crippen LogP contribution in [0.5, 0.6) is 0 Å². The summed E-state index contributed by atoms with van der Waals surface area (Å²) >= 11 is 5.45. The van der Waals surface area contributed by atoms with Crippen LogP contribution in [0.25, 0.3) is 5.69 Å². The lowest BCUT2D eigenvalue weighted by Gasteiger charge is -2.07. The lowest BCUT2D eigenvalue weighted by molar-refractivity contribution is -0.384. The van der Waals surface area contributed by atoms with E-state index in [0.717, 1.165) is 11.4 Å². The molecule has 2 rings (SSSR count). The van der Waals surface area contributed by atoms with Gasteiger partial charge in [-0.3, -0.25) is 14.7 Å². The van der Waals surface area contributed by atoms with E-state index in [2.05, 4.69) is 13.8 Å². The maximum atomic E-state index is 10.7. The normalized spacial score (nSPS) is 10.9. The summed E-state index contributed by atoms with van der Waals surface area (Å²) in [6.45, 7) is 6.10. The predicted molar refractivity (Wildman–Crippen MR) is 76.4 cm³/mol. The van der Waals surface area contributed by atoms with Crippen LogP contribution in [0.2, 0.25) is 0 Å². The van der Waals surface area contributed by atoms with Gasteiger partial charge in [-0.1, -0.05) is 0 Å². The zero-order valence-electron chi connectivity index (χ0n) is 11.0. The van der Waals surface area contributed by atoms with Crippen molar-refractivity contribution < 1.29 is 4.92 Å². The number of hydrogen-bond donors (Lipinski definition) is 0. The highest BCUT2D eigenvalue weighted by Gasteiger charge is 2.11. The van der Waals surface area contributed by atoms with Gasteiger partial charge in [-0.25, -0.2) is 0 Å². The Morgan fingerprint density at radius 2 is 1.84 bits per heavy atom. The molecule has 1 aromatic heterocycles. The Balaban J connectivity index is 2.53. The fourth-order valence-corrected chi connectivity index (χ4v) is 2.50. The van der Waals surface area contributed by atoms with Gasteiger partial charge in [0.1, 0.15) is 0 Å². The summed E-state index contributed by atoms with van der Waals surface area (Å²) in [6.07, 6.45) is 1.99. The summed E-state index contributed by atoms with van der Waals surface area (Å²) in [4.78, 5) is 10.2. The van der Waals surface area contributed by atoms with Crippen LogP contribution in [0.15, 0.2) is 30.5 Å². The van der Waals surface area contributed by atoms with E-state index in [0.29, 0.717) is 4.77 Å². The van der Waals surface area contributed by atoms with Crippen molar-refractivity contribution in [2.45, 2.75) is 26.8 Å². The molecule has 0 aliphatic heterocycles. The second-order valence-corrected chi connectivity index (χ2v) is 5.03. The second kappa shape index (κ2) is 4.97. The van der Waals surface area contributed by atoms with Crippen molar-refractivity contribution >= 4 is 17.9 Å². The Kier molecular flexibility index (Phi) is 3.53. The van der Waals surface area contributed by atoms with Crippen LogP contribution < -0.4 is 0 Å². The molecule has 2 aromatic rings. The van der Waals surface area contributed by atoms with Crippen molar-refractivity contribution in [1.29, 1.82) is 0 Å². The number of benzene rings is 1. The average Bonchev–Trinajstić information content (AvgIpc) is 2.65. The largest absolute Gasteiger partial charge is 0.321 e. The molecule has 0 aliphatic carbocycles. The number of aryl methyl sites for hydroxylation is 1. The van der Waals surface area contributed by atoms with Crippen molar-refractivity contribution in [2.24, 2.45) is 0 Å². The summed E-state index contributed by atoms with van der Waals surface area (Å²) in [5, 5.41) is 10.7. The zero-order chi connectivity index (χ0) is 14.2. The Hall–Kier alpha value is -1.95. The van der Waals surface area contributed by atoms with Gasteiger partial charge >= 0.3 is 0 Å². The molecule has 0 amide bonds. The first-order valence-electron chi connectivity index (χ1n) is 5.97. The van der Waals surface area contributed by atoms with E-state index in [-0.39, 0.29) is 11.7 Å². The molecule has 19 heavy (non-hydrogen) atoms. The lowest BCUT2D eigenvalue weighted by atomic mass is 10.3. The number of imidazole rings is 1. The van der Waals surface area contributed by atoms with Crippen molar-refractivity contribution in [3.63, 3.8) is 0 Å². The maximum absolute atomic E-state index is 10.7. The first-order valence-corrected chi connectivity index (χ1v) is 6.38. The molecule has 0 unspecified atom stereocenters. The standard InChI is InChI=1S/C13H15N3O2S/c1-9(2)14-8-10(3)15(13(14)19)11-4-6-12(7-5-11)16(17)18/h4-9H,1-3H3. The van der Waals surface area contributed by atoms with Crippen LogP contribution in [0.3, 0.4) is 0 Å². The van der Waals surface area contributed by atoms with Crippen LogP contribution in [0, 0.1) is 21.8 Å². The summed E-state index contributed by atoms with van der Waals surface area (Å²) in [5.41, 5.74) is 1.93. The van der Waals surface area contributed by atoms with E-state index in [1.165, 1.54) is 12.1 Å². The van der Waals surface area contributed by atoms with Crippen molar-refractivity contribution in [1.82, 2.24) is 9.13 Å². The summed E-state index contributed by atoms with van der Waals surface area (Å²) in [5.74, 6) is 0. The smallest absolute Gasteiger partial charge is 0.269 e. The summed E-state index contributed by atoms with van der Waals surface area (Å²) in [7, 11) is 0. The molecule has 0 bridgehead atoms. The number of non-ortho nitro benzene ring substituents is 1. The highest BCUT2D eigenvalue weighted by molar-refractivity contribution is 7.71. The maximum Gasteiger partial charge on any atom is 0.269 e. The highest BCUT2D eigenvalue weighted by Crippen LogP contribution is 2.20. The van der Waals surface area contributed by atoms with Crippen molar-refractivity contribution in [3.8, 4) is 5.69 Å². The number of aromatic nitrogens is 2. The molecule has 0 saturated carbocycles. The number of nitro groups is 1. The van der Waals surface area contributed by atoms with Gasteiger partial charge in [0.15, 0.2) is 4.77 Å². The topological polar surface area (TPSA) is 53.0 Å². The molecule has 0 atom stereocenters. The molecule has 0 spiro atoms. The van der Waals surface area contributed by atoms with Crippen molar-refractivity contribution in [2.75, 3.05) is 0 Å². The van der Waals surface area contributed by atoms with E-state index in [1.807, 2.05) is 22.3 Å². The number of hydrogen-bond acceptors (Lipinski definition) is 3. The minimum Gasteiger partial charge on any atom is -0.321 e. The van der Waals surface area contributed by atoms with Crippen LogP contribution in [0.1, 0.15) is 25.6 Å². The van der Waals surface area contributed by atoms with Gasteiger partial charge in [-0.15, -0.1) is 0 Å². The average molecular weight is 277 g/mol. The molecule has 0 fully saturated rings. The fourth-order valence-electron chi connectivity index (χ4n) is 1.99. The Labute approximate surface area is 116 Å². The molecular weight excluding hydrogens is 262 g/mol. The molecule has 0 radical (unpaired) electrons. The third kappa shape index (κ3) is 2.44. The van der Waals surface area contributed by atoms with Gasteiger partial charge in [0, 0.05) is 35.8 Å². The van der Waals surface area contributed by atoms with E-state index >= 15 is 0 Å². The van der Waals surface area contributed by atoms with Gasteiger partial charge in [0.2, 0.25) is 0 Å². The minimum atomic E-state index is -0.408. The molecule has 0 N–H and O–H groups in total. The molecule has 1 heterocycles. The Morgan fingerprint density at radius 3 is 2.26 bits per heavy atom. The van der Waals surface area contributed by atoms with E-state index in [4.69, 9.17) is 12.2 Å². The van der Waals surface area contributed by atoms with Gasteiger partial charge in [0.25, 0.3) is 5.69 Å². The quantitative estimate of drug-likeness (QED) is 0.487. The van der Waals surface area contributed by atoms with Crippen LogP contribution in [-0.4, -0.2) is 14.1 Å². The Bertz CT molecular complexity index is 668. The highest BCUT2D eigenvalue weighted by atomic mass is 32.1. The number of nitro benzene ring substituents is 1. The van der Waals surface area contributed by atoms with E-state index in [1.54, 1.807) is 12.1 Å². The van der Waals surface area contributed by atoms with Gasteiger partial charge in [-0.05, 0) is 45.1 Å². The van der Waals surface area contributed by atoms with Crippen LogP contribution >= 0.6 is 12.2 Å². The van der Waals surface area contributed by atoms with Crippen molar-refractivity contribution in [3.05, 3.63) is 51.0 Å². The monoisotopic (exact) mass is 277 g/mol.